The van der Waals surface area contributed by atoms with Crippen LogP contribution in [0.25, 0.3) is 0 Å². The molecule has 0 unspecified atom stereocenters. The Bertz CT molecular complexity index is 824. The third-order valence-electron chi connectivity index (χ3n) is 6.20. The number of amides is 1. The molecule has 4 heterocycles. The molecule has 0 saturated carbocycles. The standard InChI is InChI=1S/C20H29N5O2S/c1-15-18(16(2)23(3)22-15)11-24-7-5-20(6-8-24)13-25(19(26)4-9-27-20)10-17-12-28-14-21-17/h12,14H,4-11,13H2,1-3H3. The Morgan fingerprint density at radius 1 is 1.25 bits per heavy atom. The number of carbonyl (C=O) groups excluding carboxylic acids is 1. The number of likely N-dealkylation sites (tertiary alicyclic amines) is 1. The number of hydrogen-bond acceptors (Lipinski definition) is 6. The maximum absolute atomic E-state index is 12.6. The lowest BCUT2D eigenvalue weighted by molar-refractivity contribution is -0.132. The van der Waals surface area contributed by atoms with Crippen molar-refractivity contribution in [3.8, 4) is 0 Å². The zero-order valence-corrected chi connectivity index (χ0v) is 17.8. The van der Waals surface area contributed by atoms with Gasteiger partial charge in [-0.3, -0.25) is 14.4 Å². The monoisotopic (exact) mass is 403 g/mol. The second kappa shape index (κ2) is 7.93. The van der Waals surface area contributed by atoms with Crippen molar-refractivity contribution in [2.45, 2.75) is 51.8 Å². The first-order chi connectivity index (χ1) is 13.5. The predicted octanol–water partition coefficient (Wildman–Crippen LogP) is 2.28. The first kappa shape index (κ1) is 19.5. The zero-order valence-electron chi connectivity index (χ0n) is 17.0. The van der Waals surface area contributed by atoms with Crippen LogP contribution in [0.15, 0.2) is 10.9 Å². The molecule has 1 amide bonds. The van der Waals surface area contributed by atoms with E-state index in [2.05, 4.69) is 28.8 Å². The number of ether oxygens (including phenoxy) is 1. The average Bonchev–Trinajstić information content (AvgIpc) is 3.22. The molecule has 0 aromatic carbocycles. The number of aryl methyl sites for hydroxylation is 2. The lowest BCUT2D eigenvalue weighted by atomic mass is 9.90. The number of nitrogens with zero attached hydrogens (tertiary/aromatic N) is 5. The van der Waals surface area contributed by atoms with Crippen molar-refractivity contribution < 1.29 is 9.53 Å². The molecule has 8 heteroatoms. The van der Waals surface area contributed by atoms with Gasteiger partial charge in [0, 0.05) is 43.3 Å². The highest BCUT2D eigenvalue weighted by Crippen LogP contribution is 2.31. The van der Waals surface area contributed by atoms with Gasteiger partial charge < -0.3 is 9.64 Å². The molecule has 1 spiro atoms. The molecular formula is C20H29N5O2S. The molecule has 0 atom stereocenters. The maximum Gasteiger partial charge on any atom is 0.225 e. The summed E-state index contributed by atoms with van der Waals surface area (Å²) in [5.74, 6) is 0.175. The van der Waals surface area contributed by atoms with E-state index in [1.54, 1.807) is 11.3 Å². The number of rotatable bonds is 4. The van der Waals surface area contributed by atoms with E-state index < -0.39 is 0 Å². The second-order valence-corrected chi connectivity index (χ2v) is 8.78. The Morgan fingerprint density at radius 3 is 2.68 bits per heavy atom. The van der Waals surface area contributed by atoms with Crippen molar-refractivity contribution in [2.24, 2.45) is 7.05 Å². The predicted molar refractivity (Wildman–Crippen MR) is 108 cm³/mol. The van der Waals surface area contributed by atoms with E-state index in [0.29, 0.717) is 26.1 Å². The van der Waals surface area contributed by atoms with Gasteiger partial charge in [0.25, 0.3) is 0 Å². The molecule has 2 aromatic heterocycles. The van der Waals surface area contributed by atoms with E-state index in [1.807, 2.05) is 27.5 Å². The Labute approximate surface area is 170 Å². The molecule has 0 bridgehead atoms. The highest BCUT2D eigenvalue weighted by atomic mass is 32.1. The summed E-state index contributed by atoms with van der Waals surface area (Å²) in [5.41, 5.74) is 6.26. The van der Waals surface area contributed by atoms with Crippen molar-refractivity contribution >= 4 is 17.2 Å². The zero-order chi connectivity index (χ0) is 19.7. The summed E-state index contributed by atoms with van der Waals surface area (Å²) in [6.07, 6.45) is 2.36. The Hall–Kier alpha value is -1.77. The molecule has 2 aliphatic heterocycles. The average molecular weight is 404 g/mol. The van der Waals surface area contributed by atoms with E-state index in [9.17, 15) is 4.79 Å². The molecule has 2 aromatic rings. The number of aromatic nitrogens is 3. The van der Waals surface area contributed by atoms with Gasteiger partial charge in [0.05, 0.1) is 48.6 Å². The van der Waals surface area contributed by atoms with Crippen LogP contribution in [0.3, 0.4) is 0 Å². The number of thiazole rings is 1. The topological polar surface area (TPSA) is 63.5 Å². The van der Waals surface area contributed by atoms with Crippen molar-refractivity contribution in [1.82, 2.24) is 24.6 Å². The van der Waals surface area contributed by atoms with Gasteiger partial charge in [0.2, 0.25) is 5.91 Å². The fraction of sp³-hybridized carbons (Fsp3) is 0.650. The Balaban J connectivity index is 1.41. The summed E-state index contributed by atoms with van der Waals surface area (Å²) < 4.78 is 8.24. The minimum absolute atomic E-state index is 0.175. The number of carbonyl (C=O) groups is 1. The quantitative estimate of drug-likeness (QED) is 0.784. The molecule has 28 heavy (non-hydrogen) atoms. The van der Waals surface area contributed by atoms with Crippen LogP contribution in [-0.2, 0) is 29.7 Å². The van der Waals surface area contributed by atoms with Crippen molar-refractivity contribution in [1.29, 1.82) is 0 Å². The molecule has 0 aliphatic carbocycles. The maximum atomic E-state index is 12.6. The number of hydrogen-bond donors (Lipinski definition) is 0. The van der Waals surface area contributed by atoms with E-state index in [4.69, 9.17) is 4.74 Å². The van der Waals surface area contributed by atoms with Gasteiger partial charge in [0.15, 0.2) is 0 Å². The van der Waals surface area contributed by atoms with Crippen LogP contribution < -0.4 is 0 Å². The molecule has 0 N–H and O–H groups in total. The van der Waals surface area contributed by atoms with Crippen LogP contribution in [0.5, 0.6) is 0 Å². The van der Waals surface area contributed by atoms with Crippen LogP contribution in [0.2, 0.25) is 0 Å². The summed E-state index contributed by atoms with van der Waals surface area (Å²) >= 11 is 1.57. The smallest absolute Gasteiger partial charge is 0.225 e. The molecule has 0 radical (unpaired) electrons. The molecule has 2 aliphatic rings. The second-order valence-electron chi connectivity index (χ2n) is 8.06. The van der Waals surface area contributed by atoms with Gasteiger partial charge in [0.1, 0.15) is 0 Å². The van der Waals surface area contributed by atoms with Crippen LogP contribution in [0.4, 0.5) is 0 Å². The van der Waals surface area contributed by atoms with Gasteiger partial charge in [-0.05, 0) is 26.7 Å². The lowest BCUT2D eigenvalue weighted by Gasteiger charge is -2.42. The van der Waals surface area contributed by atoms with Crippen LogP contribution >= 0.6 is 11.3 Å². The molecule has 2 fully saturated rings. The third-order valence-corrected chi connectivity index (χ3v) is 6.84. The van der Waals surface area contributed by atoms with Gasteiger partial charge in [-0.15, -0.1) is 11.3 Å². The Morgan fingerprint density at radius 2 is 2.04 bits per heavy atom. The summed E-state index contributed by atoms with van der Waals surface area (Å²) in [6.45, 7) is 8.89. The molecule has 4 rings (SSSR count). The van der Waals surface area contributed by atoms with E-state index in [0.717, 1.165) is 43.9 Å². The summed E-state index contributed by atoms with van der Waals surface area (Å²) in [5, 5.41) is 6.56. The largest absolute Gasteiger partial charge is 0.373 e. The fourth-order valence-corrected chi connectivity index (χ4v) is 4.89. The normalized spacial score (nSPS) is 20.7. The van der Waals surface area contributed by atoms with Gasteiger partial charge in [-0.2, -0.15) is 5.10 Å². The molecular weight excluding hydrogens is 374 g/mol. The van der Waals surface area contributed by atoms with Crippen LogP contribution in [-0.4, -0.2) is 62.3 Å². The molecule has 7 nitrogen and oxygen atoms in total. The minimum atomic E-state index is -0.224. The number of piperidine rings is 1. The van der Waals surface area contributed by atoms with Crippen LogP contribution in [0, 0.1) is 13.8 Å². The Kier molecular flexibility index (Phi) is 5.53. The minimum Gasteiger partial charge on any atom is -0.373 e. The van der Waals surface area contributed by atoms with Crippen molar-refractivity contribution in [3.05, 3.63) is 33.5 Å². The molecule has 152 valence electrons. The van der Waals surface area contributed by atoms with Gasteiger partial charge in [-0.1, -0.05) is 0 Å². The highest BCUT2D eigenvalue weighted by molar-refractivity contribution is 7.07. The summed E-state index contributed by atoms with van der Waals surface area (Å²) in [6, 6.07) is 0. The summed E-state index contributed by atoms with van der Waals surface area (Å²) in [7, 11) is 2.00. The summed E-state index contributed by atoms with van der Waals surface area (Å²) in [4.78, 5) is 21.3. The molecule has 2 saturated heterocycles. The van der Waals surface area contributed by atoms with E-state index in [1.165, 1.54) is 11.3 Å². The van der Waals surface area contributed by atoms with Crippen molar-refractivity contribution in [2.75, 3.05) is 26.2 Å². The van der Waals surface area contributed by atoms with E-state index in [-0.39, 0.29) is 11.5 Å². The van der Waals surface area contributed by atoms with Gasteiger partial charge in [-0.25, -0.2) is 4.98 Å². The first-order valence-corrected chi connectivity index (χ1v) is 10.9. The van der Waals surface area contributed by atoms with Crippen LogP contribution in [0.1, 0.15) is 41.9 Å². The van der Waals surface area contributed by atoms with Crippen molar-refractivity contribution in [3.63, 3.8) is 0 Å². The third kappa shape index (κ3) is 3.99. The van der Waals surface area contributed by atoms with E-state index >= 15 is 0 Å². The fourth-order valence-electron chi connectivity index (χ4n) is 4.34. The first-order valence-electron chi connectivity index (χ1n) is 9.96. The SMILES string of the molecule is Cc1nn(C)c(C)c1CN1CCC2(CC1)CN(Cc1cscn1)C(=O)CCO2. The lowest BCUT2D eigenvalue weighted by Crippen LogP contribution is -2.51. The van der Waals surface area contributed by atoms with Gasteiger partial charge >= 0.3 is 0 Å². The highest BCUT2D eigenvalue weighted by Gasteiger charge is 2.40.